The van der Waals surface area contributed by atoms with Crippen molar-refractivity contribution < 1.29 is 27.8 Å². The lowest BCUT2D eigenvalue weighted by molar-refractivity contribution is -0.385. The van der Waals surface area contributed by atoms with E-state index in [4.69, 9.17) is 27.9 Å². The molecule has 0 saturated heterocycles. The van der Waals surface area contributed by atoms with Crippen LogP contribution in [0.25, 0.3) is 0 Å². The Morgan fingerprint density at radius 3 is 1.94 bits per heavy atom. The summed E-state index contributed by atoms with van der Waals surface area (Å²) in [4.78, 5) is 37.6. The van der Waals surface area contributed by atoms with Crippen LogP contribution in [-0.2, 0) is 0 Å². The van der Waals surface area contributed by atoms with Crippen LogP contribution in [0.5, 0.6) is 11.5 Å². The lowest BCUT2D eigenvalue weighted by Gasteiger charge is -2.11. The van der Waals surface area contributed by atoms with E-state index >= 15 is 0 Å². The first-order valence-electron chi connectivity index (χ1n) is 15.1. The Hall–Kier alpha value is -3.63. The fraction of sp³-hybridized carbons (Fsp3) is 0.312. The molecular formula is C32H35Cl2F3N4O6P2. The average molecular weight is 762 g/mol. The molecule has 0 saturated carbocycles. The zero-order valence-corrected chi connectivity index (χ0v) is 30.1. The normalized spacial score (nSPS) is 10.8. The number of aromatic nitrogens is 2. The molecule has 2 heterocycles. The van der Waals surface area contributed by atoms with Crippen LogP contribution in [0.3, 0.4) is 0 Å². The van der Waals surface area contributed by atoms with E-state index in [1.54, 1.807) is 18.5 Å². The van der Waals surface area contributed by atoms with Crippen molar-refractivity contribution in [2.75, 3.05) is 12.3 Å². The van der Waals surface area contributed by atoms with Gasteiger partial charge >= 0.3 is 0 Å². The molecule has 0 spiro atoms. The van der Waals surface area contributed by atoms with E-state index in [2.05, 4.69) is 23.8 Å². The highest BCUT2D eigenvalue weighted by Crippen LogP contribution is 2.33. The number of nitrogens with zero attached hydrogens (tertiary/aromatic N) is 3. The van der Waals surface area contributed by atoms with Gasteiger partial charge in [0.25, 0.3) is 11.4 Å². The minimum atomic E-state index is -1.21. The molecule has 0 bridgehead atoms. The van der Waals surface area contributed by atoms with Crippen molar-refractivity contribution >= 4 is 62.6 Å². The summed E-state index contributed by atoms with van der Waals surface area (Å²) in [5.41, 5.74) is 0.758. The molecule has 17 heteroatoms. The molecule has 4 rings (SSSR count). The van der Waals surface area contributed by atoms with Gasteiger partial charge in [-0.25, -0.2) is 13.2 Å². The van der Waals surface area contributed by atoms with E-state index < -0.39 is 33.0 Å². The van der Waals surface area contributed by atoms with Gasteiger partial charge in [0.15, 0.2) is 23.2 Å². The number of pyridine rings is 2. The maximum Gasteiger partial charge on any atom is 0.272 e. The van der Waals surface area contributed by atoms with Gasteiger partial charge in [-0.1, -0.05) is 79.9 Å². The number of non-ortho nitro benzene ring substituents is 2. The van der Waals surface area contributed by atoms with Gasteiger partial charge in [-0.05, 0) is 37.3 Å². The maximum atomic E-state index is 13.9. The van der Waals surface area contributed by atoms with Gasteiger partial charge < -0.3 is 9.72 Å². The van der Waals surface area contributed by atoms with Gasteiger partial charge in [0, 0.05) is 36.7 Å². The number of hydrogen-bond donors (Lipinski definition) is 1. The van der Waals surface area contributed by atoms with Crippen molar-refractivity contribution in [3.8, 4) is 11.5 Å². The zero-order chi connectivity index (χ0) is 36.3. The highest BCUT2D eigenvalue weighted by atomic mass is 35.5. The number of ether oxygens (including phenoxy) is 1. The van der Waals surface area contributed by atoms with Crippen molar-refractivity contribution in [2.45, 2.75) is 52.4 Å². The first-order chi connectivity index (χ1) is 23.4. The Labute approximate surface area is 294 Å². The predicted molar refractivity (Wildman–Crippen MR) is 192 cm³/mol. The molecule has 2 atom stereocenters. The molecule has 0 aliphatic heterocycles. The van der Waals surface area contributed by atoms with Gasteiger partial charge in [-0.3, -0.25) is 30.0 Å². The molecule has 2 aromatic carbocycles. The van der Waals surface area contributed by atoms with Crippen LogP contribution in [0.4, 0.5) is 24.5 Å². The van der Waals surface area contributed by atoms with Crippen LogP contribution in [0, 0.1) is 37.7 Å². The van der Waals surface area contributed by atoms with Gasteiger partial charge in [0.2, 0.25) is 5.43 Å². The SMILES string of the molecule is CCCCCPc1[nH]ccc(=O)c1Cl.CCCCCPc1nccc(Oc2ccc([N+](=O)[O-])cc2F)c1Cl.O=[N+]([O-])c1ccc(F)c(F)c1. The Morgan fingerprint density at radius 1 is 0.776 bits per heavy atom. The fourth-order valence-corrected chi connectivity index (χ4v) is 6.71. The van der Waals surface area contributed by atoms with E-state index in [1.807, 2.05) is 0 Å². The summed E-state index contributed by atoms with van der Waals surface area (Å²) in [7, 11) is 1.08. The summed E-state index contributed by atoms with van der Waals surface area (Å²) in [5, 5.41) is 21.3. The van der Waals surface area contributed by atoms with Crippen LogP contribution < -0.4 is 21.0 Å². The number of H-pyrrole nitrogens is 1. The van der Waals surface area contributed by atoms with Gasteiger partial charge in [0.1, 0.15) is 15.8 Å². The lowest BCUT2D eigenvalue weighted by atomic mass is 10.3. The first kappa shape index (κ1) is 41.5. The van der Waals surface area contributed by atoms with Crippen LogP contribution in [0.2, 0.25) is 10.0 Å². The molecule has 4 aromatic rings. The van der Waals surface area contributed by atoms with Gasteiger partial charge in [0.05, 0.1) is 32.8 Å². The molecule has 10 nitrogen and oxygen atoms in total. The maximum absolute atomic E-state index is 13.9. The second kappa shape index (κ2) is 22.2. The molecule has 2 unspecified atom stereocenters. The highest BCUT2D eigenvalue weighted by Gasteiger charge is 2.15. The Bertz CT molecular complexity index is 1750. The van der Waals surface area contributed by atoms with Crippen molar-refractivity contribution in [3.05, 3.63) is 119 Å². The van der Waals surface area contributed by atoms with Gasteiger partial charge in [-0.2, -0.15) is 0 Å². The summed E-state index contributed by atoms with van der Waals surface area (Å²) < 4.78 is 43.8. The van der Waals surface area contributed by atoms with Crippen molar-refractivity contribution in [1.82, 2.24) is 9.97 Å². The summed E-state index contributed by atoms with van der Waals surface area (Å²) in [5.74, 6) is -2.94. The Balaban J connectivity index is 0.000000282. The number of halogens is 5. The number of nitro benzene ring substituents is 2. The van der Waals surface area contributed by atoms with Crippen molar-refractivity contribution in [1.29, 1.82) is 0 Å². The largest absolute Gasteiger partial charge is 0.453 e. The van der Waals surface area contributed by atoms with E-state index in [-0.39, 0.29) is 22.6 Å². The highest BCUT2D eigenvalue weighted by molar-refractivity contribution is 7.47. The first-order valence-corrected chi connectivity index (χ1v) is 18.3. The number of nitrogens with one attached hydrogen (secondary N) is 1. The van der Waals surface area contributed by atoms with E-state index in [0.29, 0.717) is 39.3 Å². The third-order valence-corrected chi connectivity index (χ3v) is 10.1. The standard InChI is InChI=1S/C16H17ClFN2O3P.C10H15ClNOP.C6H3F2NO2/c1-2-3-4-9-24-16-15(17)14(7-8-19-16)23-13-6-5-11(20(21)22)10-12(13)18;1-2-3-4-7-14-10-9(11)8(13)5-6-12-10;7-5-2-1-4(9(10)11)3-6(5)8/h5-8,10,24H,2-4,9H2,1H3;5-6,14H,2-4,7H2,1H3,(H,12,13);1-3H. The fourth-order valence-electron chi connectivity index (χ4n) is 3.79. The molecule has 0 aliphatic carbocycles. The predicted octanol–water partition coefficient (Wildman–Crippen LogP) is 9.46. The number of hydrogen-bond acceptors (Lipinski definition) is 7. The molecule has 0 aliphatic rings. The zero-order valence-electron chi connectivity index (χ0n) is 26.6. The van der Waals surface area contributed by atoms with Gasteiger partial charge in [-0.15, -0.1) is 0 Å². The Morgan fingerprint density at radius 2 is 1.37 bits per heavy atom. The molecule has 0 amide bonds. The molecular weight excluding hydrogens is 726 g/mol. The number of benzene rings is 2. The summed E-state index contributed by atoms with van der Waals surface area (Å²) in [6, 6.07) is 8.37. The third-order valence-electron chi connectivity index (χ3n) is 6.37. The molecule has 1 N–H and O–H groups in total. The second-order valence-electron chi connectivity index (χ2n) is 10.1. The summed E-state index contributed by atoms with van der Waals surface area (Å²) in [6.45, 7) is 4.32. The smallest absolute Gasteiger partial charge is 0.272 e. The molecule has 264 valence electrons. The number of unbranched alkanes of at least 4 members (excludes halogenated alkanes) is 4. The minimum Gasteiger partial charge on any atom is -0.453 e. The average Bonchev–Trinajstić information content (AvgIpc) is 3.07. The Kier molecular flexibility index (Phi) is 18.8. The number of rotatable bonds is 14. The lowest BCUT2D eigenvalue weighted by Crippen LogP contribution is -2.13. The molecule has 0 fully saturated rings. The molecule has 49 heavy (non-hydrogen) atoms. The van der Waals surface area contributed by atoms with Crippen molar-refractivity contribution in [2.24, 2.45) is 0 Å². The minimum absolute atomic E-state index is 0.0802. The summed E-state index contributed by atoms with van der Waals surface area (Å²) in [6.07, 6.45) is 12.4. The summed E-state index contributed by atoms with van der Waals surface area (Å²) >= 11 is 12.2. The monoisotopic (exact) mass is 760 g/mol. The topological polar surface area (TPSA) is 141 Å². The van der Waals surface area contributed by atoms with E-state index in [1.165, 1.54) is 37.5 Å². The van der Waals surface area contributed by atoms with Crippen LogP contribution >= 0.6 is 40.4 Å². The van der Waals surface area contributed by atoms with Crippen LogP contribution in [-0.4, -0.2) is 32.1 Å². The quantitative estimate of drug-likeness (QED) is 0.0584. The van der Waals surface area contributed by atoms with E-state index in [9.17, 15) is 38.2 Å². The molecule has 2 aromatic heterocycles. The number of aromatic amines is 1. The third kappa shape index (κ3) is 14.4. The van der Waals surface area contributed by atoms with Crippen molar-refractivity contribution in [3.63, 3.8) is 0 Å². The molecule has 0 radical (unpaired) electrons. The van der Waals surface area contributed by atoms with E-state index in [0.717, 1.165) is 54.6 Å². The van der Waals surface area contributed by atoms with Crippen LogP contribution in [0.1, 0.15) is 52.4 Å². The second-order valence-corrected chi connectivity index (χ2v) is 13.5. The van der Waals surface area contributed by atoms with Crippen LogP contribution in [0.15, 0.2) is 65.7 Å². The number of nitro groups is 2.